The van der Waals surface area contributed by atoms with Gasteiger partial charge in [0.1, 0.15) is 5.75 Å². The van der Waals surface area contributed by atoms with Crippen LogP contribution in [0.15, 0.2) is 72.8 Å². The molecule has 0 saturated heterocycles. The van der Waals surface area contributed by atoms with E-state index in [4.69, 9.17) is 28.9 Å². The molecule has 8 nitrogen and oxygen atoms in total. The lowest BCUT2D eigenvalue weighted by Gasteiger charge is -2.14. The average Bonchev–Trinajstić information content (AvgIpc) is 3.87. The van der Waals surface area contributed by atoms with Crippen LogP contribution < -0.4 is 18.9 Å². The van der Waals surface area contributed by atoms with Gasteiger partial charge in [0.2, 0.25) is 5.75 Å². The largest absolute Gasteiger partial charge is 0.497 e. The van der Waals surface area contributed by atoms with Crippen LogP contribution in [0.3, 0.4) is 0 Å². The highest BCUT2D eigenvalue weighted by atomic mass is 16.5. The molecule has 2 aromatic carbocycles. The number of hydrogen-bond acceptors (Lipinski definition) is 6. The Morgan fingerprint density at radius 1 is 0.523 bits per heavy atom. The van der Waals surface area contributed by atoms with E-state index in [1.54, 1.807) is 28.4 Å². The molecule has 0 fully saturated rings. The molecular formula is C36H30N4O4. The number of methoxy groups -OCH3 is 4. The summed E-state index contributed by atoms with van der Waals surface area (Å²) in [6, 6.07) is 24.2. The number of nitrogens with one attached hydrogen (secondary N) is 2. The van der Waals surface area contributed by atoms with Crippen LogP contribution in [0.5, 0.6) is 23.0 Å². The Labute approximate surface area is 254 Å². The minimum Gasteiger partial charge on any atom is -0.497 e. The fourth-order valence-electron chi connectivity index (χ4n) is 5.68. The van der Waals surface area contributed by atoms with Gasteiger partial charge in [0, 0.05) is 33.2 Å². The summed E-state index contributed by atoms with van der Waals surface area (Å²) in [5.74, 6) is 2.44. The Bertz CT molecular complexity index is 2110. The Balaban J connectivity index is 1.53. The zero-order valence-electron chi connectivity index (χ0n) is 24.8. The monoisotopic (exact) mass is 582 g/mol. The Morgan fingerprint density at radius 3 is 1.61 bits per heavy atom. The molecule has 5 aromatic rings. The van der Waals surface area contributed by atoms with E-state index in [0.717, 1.165) is 72.8 Å². The molecular weight excluding hydrogens is 552 g/mol. The van der Waals surface area contributed by atoms with Gasteiger partial charge in [0.25, 0.3) is 0 Å². The van der Waals surface area contributed by atoms with Gasteiger partial charge in [-0.25, -0.2) is 9.97 Å². The first-order valence-electron chi connectivity index (χ1n) is 14.1. The normalized spacial score (nSPS) is 11.9. The average molecular weight is 583 g/mol. The number of ether oxygens (including phenoxy) is 4. The van der Waals surface area contributed by atoms with Gasteiger partial charge < -0.3 is 28.9 Å². The number of H-pyrrole nitrogens is 2. The molecule has 0 unspecified atom stereocenters. The SMILES string of the molecule is COc1cccc(-c2c3nc(cc4ccc([nH]4)c(-c4cc(OC)c(OC)c(OC)c4)c4nc(cc5ccc2[nH]5)C=C4)C=C3)c1. The maximum Gasteiger partial charge on any atom is 0.203 e. The molecule has 0 amide bonds. The molecule has 44 heavy (non-hydrogen) atoms. The lowest BCUT2D eigenvalue weighted by Crippen LogP contribution is -1.96. The molecule has 2 aliphatic heterocycles. The van der Waals surface area contributed by atoms with Gasteiger partial charge in [-0.1, -0.05) is 12.1 Å². The molecule has 0 radical (unpaired) electrons. The fourth-order valence-corrected chi connectivity index (χ4v) is 5.68. The Kier molecular flexibility index (Phi) is 6.86. The van der Waals surface area contributed by atoms with E-state index in [2.05, 4.69) is 34.2 Å². The van der Waals surface area contributed by atoms with E-state index in [-0.39, 0.29) is 0 Å². The number of nitrogens with zero attached hydrogens (tertiary/aromatic N) is 2. The number of fused-ring (bicyclic) bond motifs is 8. The molecule has 2 aliphatic rings. The van der Waals surface area contributed by atoms with Crippen molar-refractivity contribution in [2.24, 2.45) is 0 Å². The molecule has 5 heterocycles. The second-order valence-electron chi connectivity index (χ2n) is 10.3. The summed E-state index contributed by atoms with van der Waals surface area (Å²) < 4.78 is 22.5. The molecule has 3 aromatic heterocycles. The highest BCUT2D eigenvalue weighted by Gasteiger charge is 2.18. The number of hydrogen-bond donors (Lipinski definition) is 2. The lowest BCUT2D eigenvalue weighted by atomic mass is 10.0. The standard InChI is InChI=1S/C36H30N4O4/c1-41-27-7-5-6-21(16-27)34-28-12-8-23(37-28)19-25-10-14-30(39-25)35(22-17-32(42-2)36(44-4)33(18-22)43-3)31-15-11-26(40-31)20-24-9-13-29(34)38-24/h5-20,37,40H,1-4H3. The van der Waals surface area contributed by atoms with Crippen LogP contribution in [0, 0.1) is 0 Å². The van der Waals surface area contributed by atoms with E-state index in [1.165, 1.54) is 0 Å². The van der Waals surface area contributed by atoms with Gasteiger partial charge in [0.05, 0.1) is 51.2 Å². The molecule has 2 N–H and O–H groups in total. The van der Waals surface area contributed by atoms with E-state index < -0.39 is 0 Å². The first kappa shape index (κ1) is 27.1. The summed E-state index contributed by atoms with van der Waals surface area (Å²) in [4.78, 5) is 17.2. The predicted octanol–water partition coefficient (Wildman–Crippen LogP) is 8.02. The number of aromatic nitrogens is 4. The van der Waals surface area contributed by atoms with Crippen LogP contribution >= 0.6 is 0 Å². The van der Waals surface area contributed by atoms with Gasteiger partial charge in [-0.15, -0.1) is 0 Å². The summed E-state index contributed by atoms with van der Waals surface area (Å²) in [6.07, 6.45) is 8.11. The summed E-state index contributed by atoms with van der Waals surface area (Å²) in [6.45, 7) is 0. The van der Waals surface area contributed by atoms with Gasteiger partial charge in [0.15, 0.2) is 11.5 Å². The van der Waals surface area contributed by atoms with Gasteiger partial charge in [-0.2, -0.15) is 0 Å². The lowest BCUT2D eigenvalue weighted by molar-refractivity contribution is 0.324. The zero-order chi connectivity index (χ0) is 30.2. The molecule has 0 spiro atoms. The second-order valence-corrected chi connectivity index (χ2v) is 10.3. The van der Waals surface area contributed by atoms with Crippen molar-refractivity contribution in [3.8, 4) is 45.3 Å². The van der Waals surface area contributed by atoms with E-state index >= 15 is 0 Å². The van der Waals surface area contributed by atoms with Crippen molar-refractivity contribution in [1.82, 2.24) is 19.9 Å². The molecule has 218 valence electrons. The fraction of sp³-hybridized carbons (Fsp3) is 0.111. The Morgan fingerprint density at radius 2 is 1.09 bits per heavy atom. The molecule has 0 saturated carbocycles. The molecule has 0 atom stereocenters. The zero-order valence-corrected chi connectivity index (χ0v) is 24.8. The molecule has 8 bridgehead atoms. The topological polar surface area (TPSA) is 94.3 Å². The first-order chi connectivity index (χ1) is 21.6. The van der Waals surface area contributed by atoms with Crippen LogP contribution in [0.25, 0.3) is 68.6 Å². The van der Waals surface area contributed by atoms with Gasteiger partial charge in [-0.3, -0.25) is 0 Å². The van der Waals surface area contributed by atoms with E-state index in [9.17, 15) is 0 Å². The highest BCUT2D eigenvalue weighted by Crippen LogP contribution is 2.43. The summed E-state index contributed by atoms with van der Waals surface area (Å²) in [5.41, 5.74) is 10.7. The van der Waals surface area contributed by atoms with Crippen molar-refractivity contribution < 1.29 is 18.9 Å². The second kappa shape index (κ2) is 11.1. The predicted molar refractivity (Wildman–Crippen MR) is 176 cm³/mol. The minimum absolute atomic E-state index is 0.531. The van der Waals surface area contributed by atoms with Crippen LogP contribution in [-0.4, -0.2) is 48.4 Å². The quantitative estimate of drug-likeness (QED) is 0.206. The minimum atomic E-state index is 0.531. The van der Waals surface area contributed by atoms with Gasteiger partial charge in [-0.05, 0) is 96.1 Å². The van der Waals surface area contributed by atoms with Crippen LogP contribution in [0.4, 0.5) is 0 Å². The maximum absolute atomic E-state index is 5.68. The van der Waals surface area contributed by atoms with Crippen LogP contribution in [0.2, 0.25) is 0 Å². The van der Waals surface area contributed by atoms with E-state index in [0.29, 0.717) is 17.2 Å². The van der Waals surface area contributed by atoms with Crippen molar-refractivity contribution in [3.05, 3.63) is 95.6 Å². The van der Waals surface area contributed by atoms with Crippen molar-refractivity contribution >= 4 is 46.4 Å². The third-order valence-corrected chi connectivity index (χ3v) is 7.71. The summed E-state index contributed by atoms with van der Waals surface area (Å²) in [7, 11) is 6.50. The third kappa shape index (κ3) is 4.86. The first-order valence-corrected chi connectivity index (χ1v) is 14.1. The summed E-state index contributed by atoms with van der Waals surface area (Å²) >= 11 is 0. The van der Waals surface area contributed by atoms with Crippen LogP contribution in [-0.2, 0) is 0 Å². The number of rotatable bonds is 6. The summed E-state index contributed by atoms with van der Waals surface area (Å²) in [5, 5.41) is 0. The van der Waals surface area contributed by atoms with E-state index in [1.807, 2.05) is 72.8 Å². The third-order valence-electron chi connectivity index (χ3n) is 7.71. The number of aromatic amines is 2. The number of benzene rings is 2. The van der Waals surface area contributed by atoms with Crippen LogP contribution in [0.1, 0.15) is 22.8 Å². The van der Waals surface area contributed by atoms with Crippen molar-refractivity contribution in [1.29, 1.82) is 0 Å². The van der Waals surface area contributed by atoms with Crippen molar-refractivity contribution in [3.63, 3.8) is 0 Å². The maximum atomic E-state index is 5.68. The van der Waals surface area contributed by atoms with Crippen molar-refractivity contribution in [2.45, 2.75) is 0 Å². The molecule has 7 rings (SSSR count). The highest BCUT2D eigenvalue weighted by molar-refractivity contribution is 5.94. The molecule has 8 heteroatoms. The van der Waals surface area contributed by atoms with Gasteiger partial charge >= 0.3 is 0 Å². The van der Waals surface area contributed by atoms with Crippen molar-refractivity contribution in [2.75, 3.05) is 28.4 Å². The Hall–Kier alpha value is -5.76. The molecule has 0 aliphatic carbocycles. The smallest absolute Gasteiger partial charge is 0.203 e.